The zero-order chi connectivity index (χ0) is 26.6. The predicted octanol–water partition coefficient (Wildman–Crippen LogP) is 6.48. The summed E-state index contributed by atoms with van der Waals surface area (Å²) in [5, 5.41) is 3.29. The molecular weight excluding hydrogens is 494 g/mol. The first-order valence-electron chi connectivity index (χ1n) is 12.2. The normalized spacial score (nSPS) is 11.8. The molecule has 38 heavy (non-hydrogen) atoms. The molecule has 1 heterocycles. The highest BCUT2D eigenvalue weighted by Crippen LogP contribution is 2.37. The molecule has 0 spiro atoms. The summed E-state index contributed by atoms with van der Waals surface area (Å²) in [6.45, 7) is 4.05. The van der Waals surface area contributed by atoms with E-state index in [2.05, 4.69) is 5.32 Å². The fraction of sp³-hybridized carbons (Fsp3) is 0.129. The number of ether oxygens (including phenoxy) is 1. The first kappa shape index (κ1) is 25.3. The number of nitrogens with one attached hydrogen (secondary N) is 1. The summed E-state index contributed by atoms with van der Waals surface area (Å²) in [6, 6.07) is 29.9. The smallest absolute Gasteiger partial charge is 0.266 e. The second-order valence-corrected chi connectivity index (χ2v) is 10.0. The van der Waals surface area contributed by atoms with Crippen LogP contribution in [0, 0.1) is 13.8 Å². The number of carbonyl (C=O) groups excluding carboxylic acids is 1. The van der Waals surface area contributed by atoms with E-state index >= 15 is 0 Å². The highest BCUT2D eigenvalue weighted by molar-refractivity contribution is 8.00. The SMILES string of the molecule is COc1cccc(NC(=O)C(Sc2nc3ccccc3c(=O)n2-c2ccc(C)c(C)c2)c2ccccc2)c1. The Morgan fingerprint density at radius 3 is 2.42 bits per heavy atom. The van der Waals surface area contributed by atoms with Crippen molar-refractivity contribution in [2.45, 2.75) is 24.3 Å². The molecule has 6 nitrogen and oxygen atoms in total. The fourth-order valence-electron chi connectivity index (χ4n) is 4.20. The molecule has 0 saturated carbocycles. The molecule has 5 aromatic rings. The topological polar surface area (TPSA) is 73.2 Å². The molecule has 1 amide bonds. The van der Waals surface area contributed by atoms with Gasteiger partial charge in [0.25, 0.3) is 5.56 Å². The Morgan fingerprint density at radius 2 is 1.66 bits per heavy atom. The van der Waals surface area contributed by atoms with E-state index in [9.17, 15) is 9.59 Å². The largest absolute Gasteiger partial charge is 0.497 e. The number of benzene rings is 4. The van der Waals surface area contributed by atoms with Crippen molar-refractivity contribution >= 4 is 34.3 Å². The van der Waals surface area contributed by atoms with E-state index in [1.54, 1.807) is 23.8 Å². The van der Waals surface area contributed by atoms with Gasteiger partial charge < -0.3 is 10.1 Å². The Bertz CT molecular complexity index is 1680. The Kier molecular flexibility index (Phi) is 7.29. The van der Waals surface area contributed by atoms with E-state index < -0.39 is 5.25 Å². The van der Waals surface area contributed by atoms with Crippen LogP contribution in [0.1, 0.15) is 21.9 Å². The van der Waals surface area contributed by atoms with Gasteiger partial charge in [0.2, 0.25) is 5.91 Å². The van der Waals surface area contributed by atoms with E-state index in [4.69, 9.17) is 9.72 Å². The van der Waals surface area contributed by atoms with Crippen LogP contribution in [-0.2, 0) is 4.79 Å². The quantitative estimate of drug-likeness (QED) is 0.196. The second kappa shape index (κ2) is 10.9. The van der Waals surface area contributed by atoms with Crippen LogP contribution in [0.3, 0.4) is 0 Å². The average molecular weight is 522 g/mol. The number of hydrogen-bond donors (Lipinski definition) is 1. The van der Waals surface area contributed by atoms with Gasteiger partial charge in [-0.1, -0.05) is 66.4 Å². The van der Waals surface area contributed by atoms with Crippen LogP contribution in [0.15, 0.2) is 107 Å². The minimum atomic E-state index is -0.673. The molecule has 1 aromatic heterocycles. The maximum atomic E-state index is 13.8. The molecule has 0 aliphatic carbocycles. The average Bonchev–Trinajstić information content (AvgIpc) is 2.94. The lowest BCUT2D eigenvalue weighted by molar-refractivity contribution is -0.115. The lowest BCUT2D eigenvalue weighted by Crippen LogP contribution is -2.24. The summed E-state index contributed by atoms with van der Waals surface area (Å²) >= 11 is 1.25. The first-order chi connectivity index (χ1) is 18.4. The minimum absolute atomic E-state index is 0.179. The minimum Gasteiger partial charge on any atom is -0.497 e. The Hall–Kier alpha value is -4.36. The van der Waals surface area contributed by atoms with Crippen LogP contribution in [-0.4, -0.2) is 22.6 Å². The van der Waals surface area contributed by atoms with Crippen molar-refractivity contribution in [3.8, 4) is 11.4 Å². The molecule has 7 heteroatoms. The third-order valence-electron chi connectivity index (χ3n) is 6.39. The van der Waals surface area contributed by atoms with Gasteiger partial charge in [0, 0.05) is 11.8 Å². The maximum absolute atomic E-state index is 13.8. The van der Waals surface area contributed by atoms with E-state index in [1.807, 2.05) is 98.8 Å². The monoisotopic (exact) mass is 521 g/mol. The van der Waals surface area contributed by atoms with Crippen LogP contribution in [0.4, 0.5) is 5.69 Å². The van der Waals surface area contributed by atoms with E-state index in [1.165, 1.54) is 11.8 Å². The molecule has 190 valence electrons. The molecular formula is C31H27N3O3S. The summed E-state index contributed by atoms with van der Waals surface area (Å²) in [4.78, 5) is 32.4. The van der Waals surface area contributed by atoms with Crippen molar-refractivity contribution in [2.75, 3.05) is 12.4 Å². The Balaban J connectivity index is 1.63. The third-order valence-corrected chi connectivity index (χ3v) is 7.60. The van der Waals surface area contributed by atoms with Gasteiger partial charge in [0.05, 0.1) is 23.7 Å². The van der Waals surface area contributed by atoms with Crippen LogP contribution in [0.25, 0.3) is 16.6 Å². The van der Waals surface area contributed by atoms with Crippen molar-refractivity contribution in [2.24, 2.45) is 0 Å². The number of hydrogen-bond acceptors (Lipinski definition) is 5. The summed E-state index contributed by atoms with van der Waals surface area (Å²) in [6.07, 6.45) is 0. The van der Waals surface area contributed by atoms with Gasteiger partial charge in [-0.3, -0.25) is 14.2 Å². The van der Waals surface area contributed by atoms with Crippen molar-refractivity contribution in [3.05, 3.63) is 124 Å². The van der Waals surface area contributed by atoms with Gasteiger partial charge in [-0.05, 0) is 66.9 Å². The number of methoxy groups -OCH3 is 1. The zero-order valence-electron chi connectivity index (χ0n) is 21.3. The highest BCUT2D eigenvalue weighted by Gasteiger charge is 2.26. The van der Waals surface area contributed by atoms with Gasteiger partial charge in [-0.2, -0.15) is 0 Å². The summed E-state index contributed by atoms with van der Waals surface area (Å²) < 4.78 is 6.91. The van der Waals surface area contributed by atoms with Crippen molar-refractivity contribution in [3.63, 3.8) is 0 Å². The number of aromatic nitrogens is 2. The summed E-state index contributed by atoms with van der Waals surface area (Å²) in [5.41, 5.74) is 4.72. The fourth-order valence-corrected chi connectivity index (χ4v) is 5.31. The van der Waals surface area contributed by atoms with Crippen LogP contribution in [0.2, 0.25) is 0 Å². The van der Waals surface area contributed by atoms with Gasteiger partial charge in [0.15, 0.2) is 5.16 Å². The van der Waals surface area contributed by atoms with Gasteiger partial charge >= 0.3 is 0 Å². The third kappa shape index (κ3) is 5.19. The molecule has 4 aromatic carbocycles. The van der Waals surface area contributed by atoms with Crippen molar-refractivity contribution in [1.82, 2.24) is 9.55 Å². The molecule has 1 unspecified atom stereocenters. The zero-order valence-corrected chi connectivity index (χ0v) is 22.2. The molecule has 0 radical (unpaired) electrons. The molecule has 1 atom stereocenters. The van der Waals surface area contributed by atoms with Gasteiger partial charge in [-0.25, -0.2) is 4.98 Å². The standard InChI is InChI=1S/C31H27N3O3S/c1-20-16-17-24(18-21(20)2)34-30(36)26-14-7-8-15-27(26)33-31(34)38-28(22-10-5-4-6-11-22)29(35)32-23-12-9-13-25(19-23)37-3/h4-19,28H,1-3H3,(H,32,35). The second-order valence-electron chi connectivity index (χ2n) is 8.95. The number of thioether (sulfide) groups is 1. The molecule has 0 fully saturated rings. The molecule has 0 saturated heterocycles. The Labute approximate surface area is 225 Å². The van der Waals surface area contributed by atoms with E-state index in [0.29, 0.717) is 33.2 Å². The van der Waals surface area contributed by atoms with Crippen LogP contribution >= 0.6 is 11.8 Å². The number of carbonyl (C=O) groups is 1. The highest BCUT2D eigenvalue weighted by atomic mass is 32.2. The van der Waals surface area contributed by atoms with Gasteiger partial charge in [0.1, 0.15) is 11.0 Å². The molecule has 1 N–H and O–H groups in total. The predicted molar refractivity (Wildman–Crippen MR) is 153 cm³/mol. The number of anilines is 1. The number of rotatable bonds is 7. The van der Waals surface area contributed by atoms with E-state index in [0.717, 1.165) is 16.7 Å². The summed E-state index contributed by atoms with van der Waals surface area (Å²) in [5.74, 6) is 0.412. The number of para-hydroxylation sites is 1. The summed E-state index contributed by atoms with van der Waals surface area (Å²) in [7, 11) is 1.58. The first-order valence-corrected chi connectivity index (χ1v) is 13.1. The molecule has 0 bridgehead atoms. The maximum Gasteiger partial charge on any atom is 0.266 e. The number of nitrogens with zero attached hydrogens (tertiary/aromatic N) is 2. The van der Waals surface area contributed by atoms with E-state index in [-0.39, 0.29) is 11.5 Å². The van der Waals surface area contributed by atoms with Crippen molar-refractivity contribution < 1.29 is 9.53 Å². The van der Waals surface area contributed by atoms with Gasteiger partial charge in [-0.15, -0.1) is 0 Å². The molecule has 0 aliphatic heterocycles. The molecule has 5 rings (SSSR count). The lowest BCUT2D eigenvalue weighted by atomic mass is 10.1. The van der Waals surface area contributed by atoms with Crippen LogP contribution in [0.5, 0.6) is 5.75 Å². The van der Waals surface area contributed by atoms with Crippen molar-refractivity contribution in [1.29, 1.82) is 0 Å². The number of aryl methyl sites for hydroxylation is 2. The van der Waals surface area contributed by atoms with Crippen LogP contribution < -0.4 is 15.6 Å². The number of amides is 1. The number of fused-ring (bicyclic) bond motifs is 1. The Morgan fingerprint density at radius 1 is 0.895 bits per heavy atom. The lowest BCUT2D eigenvalue weighted by Gasteiger charge is -2.20. The molecule has 0 aliphatic rings.